The third kappa shape index (κ3) is 1.93. The molecule has 0 spiro atoms. The molecule has 0 saturated heterocycles. The van der Waals surface area contributed by atoms with Crippen molar-refractivity contribution in [1.82, 2.24) is 0 Å². The molecule has 2 nitrogen and oxygen atoms in total. The second-order valence-electron chi connectivity index (χ2n) is 5.93. The lowest BCUT2D eigenvalue weighted by Gasteiger charge is -2.47. The zero-order valence-corrected chi connectivity index (χ0v) is 10.4. The quantitative estimate of drug-likeness (QED) is 0.671. The molecule has 0 amide bonds. The fraction of sp³-hybridized carbons (Fsp3) is 0.857. The predicted molar refractivity (Wildman–Crippen MR) is 64.9 cm³/mol. The minimum absolute atomic E-state index is 0.143. The number of rotatable bonds is 1. The van der Waals surface area contributed by atoms with Crippen LogP contribution in [0.2, 0.25) is 0 Å². The fourth-order valence-corrected chi connectivity index (χ4v) is 3.67. The van der Waals surface area contributed by atoms with Gasteiger partial charge in [0.15, 0.2) is 0 Å². The van der Waals surface area contributed by atoms with E-state index < -0.39 is 0 Å². The highest BCUT2D eigenvalue weighted by Crippen LogP contribution is 2.46. The van der Waals surface area contributed by atoms with Crippen LogP contribution in [-0.2, 0) is 0 Å². The zero-order chi connectivity index (χ0) is 11.9. The molecule has 0 heterocycles. The van der Waals surface area contributed by atoms with Gasteiger partial charge in [-0.05, 0) is 43.4 Å². The highest BCUT2D eigenvalue weighted by atomic mass is 16.3. The van der Waals surface area contributed by atoms with Gasteiger partial charge in [-0.15, -0.1) is 0 Å². The average Bonchev–Trinajstić information content (AvgIpc) is 2.23. The summed E-state index contributed by atoms with van der Waals surface area (Å²) >= 11 is 0. The van der Waals surface area contributed by atoms with E-state index in [-0.39, 0.29) is 24.0 Å². The number of hydrogen-bond donors (Lipinski definition) is 2. The Hall–Kier alpha value is -0.340. The molecule has 92 valence electrons. The first-order chi connectivity index (χ1) is 7.52. The van der Waals surface area contributed by atoms with Crippen LogP contribution in [0.15, 0.2) is 12.2 Å². The van der Waals surface area contributed by atoms with Crippen LogP contribution in [0.4, 0.5) is 0 Å². The summed E-state index contributed by atoms with van der Waals surface area (Å²) in [5, 5.41) is 20.5. The third-order valence-corrected chi connectivity index (χ3v) is 4.68. The van der Waals surface area contributed by atoms with E-state index in [1.165, 1.54) is 0 Å². The molecular formula is C14H24O2. The van der Waals surface area contributed by atoms with Crippen molar-refractivity contribution in [3.63, 3.8) is 0 Å². The molecule has 2 saturated carbocycles. The highest BCUT2D eigenvalue weighted by Gasteiger charge is 2.45. The van der Waals surface area contributed by atoms with Gasteiger partial charge in [-0.1, -0.05) is 26.0 Å². The first-order valence-electron chi connectivity index (χ1n) is 6.56. The molecule has 2 N–H and O–H groups in total. The summed E-state index contributed by atoms with van der Waals surface area (Å²) in [4.78, 5) is 0. The van der Waals surface area contributed by atoms with Gasteiger partial charge in [0.25, 0.3) is 0 Å². The van der Waals surface area contributed by atoms with Gasteiger partial charge in [0.1, 0.15) is 0 Å². The Balaban J connectivity index is 2.18. The molecule has 0 bridgehead atoms. The van der Waals surface area contributed by atoms with E-state index in [0.717, 1.165) is 31.3 Å². The molecule has 0 aromatic rings. The topological polar surface area (TPSA) is 40.5 Å². The van der Waals surface area contributed by atoms with Crippen LogP contribution in [0.3, 0.4) is 0 Å². The molecule has 0 radical (unpaired) electrons. The van der Waals surface area contributed by atoms with E-state index in [2.05, 4.69) is 20.4 Å². The van der Waals surface area contributed by atoms with Crippen molar-refractivity contribution in [2.24, 2.45) is 23.7 Å². The molecule has 2 fully saturated rings. The first kappa shape index (κ1) is 12.1. The monoisotopic (exact) mass is 224 g/mol. The lowest BCUT2D eigenvalue weighted by molar-refractivity contribution is -0.0678. The normalized spacial score (nSPS) is 44.6. The van der Waals surface area contributed by atoms with Crippen LogP contribution in [0.1, 0.15) is 39.5 Å². The molecule has 2 rings (SSSR count). The second-order valence-corrected chi connectivity index (χ2v) is 5.93. The number of aliphatic hydroxyl groups is 2. The summed E-state index contributed by atoms with van der Waals surface area (Å²) in [6.45, 7) is 8.46. The molecule has 0 aliphatic heterocycles. The van der Waals surface area contributed by atoms with E-state index in [1.54, 1.807) is 0 Å². The van der Waals surface area contributed by atoms with Crippen LogP contribution >= 0.6 is 0 Å². The predicted octanol–water partition coefficient (Wildman–Crippen LogP) is 2.36. The van der Waals surface area contributed by atoms with Crippen molar-refractivity contribution in [3.05, 3.63) is 12.2 Å². The molecule has 2 aliphatic carbocycles. The number of aliphatic hydroxyl groups excluding tert-OH is 2. The molecule has 0 unspecified atom stereocenters. The van der Waals surface area contributed by atoms with Gasteiger partial charge >= 0.3 is 0 Å². The molecule has 2 heteroatoms. The maximum absolute atomic E-state index is 10.5. The third-order valence-electron chi connectivity index (χ3n) is 4.68. The van der Waals surface area contributed by atoms with Gasteiger partial charge in [-0.25, -0.2) is 0 Å². The van der Waals surface area contributed by atoms with Crippen LogP contribution < -0.4 is 0 Å². The Labute approximate surface area is 98.4 Å². The molecular weight excluding hydrogens is 200 g/mol. The fourth-order valence-electron chi connectivity index (χ4n) is 3.67. The maximum Gasteiger partial charge on any atom is 0.0639 e. The summed E-state index contributed by atoms with van der Waals surface area (Å²) in [6, 6.07) is 0. The van der Waals surface area contributed by atoms with Gasteiger partial charge < -0.3 is 10.2 Å². The maximum atomic E-state index is 10.5. The summed E-state index contributed by atoms with van der Waals surface area (Å²) in [6.07, 6.45) is 3.29. The summed E-state index contributed by atoms with van der Waals surface area (Å²) in [7, 11) is 0. The average molecular weight is 224 g/mol. The van der Waals surface area contributed by atoms with Crippen LogP contribution in [-0.4, -0.2) is 22.4 Å². The van der Waals surface area contributed by atoms with E-state index in [1.807, 2.05) is 0 Å². The molecule has 2 aliphatic rings. The molecule has 16 heavy (non-hydrogen) atoms. The van der Waals surface area contributed by atoms with Crippen molar-refractivity contribution in [1.29, 1.82) is 0 Å². The standard InChI is InChI=1S/C14H24O2/c1-8(2)10-5-6-11-12(15)7-4-9(3)13(11)14(10)16/h8,10-16H,3-7H2,1-2H3/t10-,11-,12+,13-,14-/m0/s1. The van der Waals surface area contributed by atoms with Gasteiger partial charge in [-0.2, -0.15) is 0 Å². The largest absolute Gasteiger partial charge is 0.393 e. The lowest BCUT2D eigenvalue weighted by atomic mass is 9.61. The van der Waals surface area contributed by atoms with Gasteiger partial charge in [0.05, 0.1) is 12.2 Å². The second kappa shape index (κ2) is 4.50. The minimum atomic E-state index is -0.291. The van der Waals surface area contributed by atoms with Gasteiger partial charge in [0.2, 0.25) is 0 Å². The Bertz CT molecular complexity index is 272. The van der Waals surface area contributed by atoms with E-state index >= 15 is 0 Å². The smallest absolute Gasteiger partial charge is 0.0639 e. The molecule has 0 aromatic carbocycles. The van der Waals surface area contributed by atoms with Crippen molar-refractivity contribution in [2.75, 3.05) is 0 Å². The molecule has 5 atom stereocenters. The van der Waals surface area contributed by atoms with Gasteiger partial charge in [-0.3, -0.25) is 0 Å². The van der Waals surface area contributed by atoms with Crippen molar-refractivity contribution in [3.8, 4) is 0 Å². The SMILES string of the molecule is C=C1CC[C@@H](O)[C@@H]2CC[C@@H](C(C)C)[C@H](O)[C@@H]12. The summed E-state index contributed by atoms with van der Waals surface area (Å²) in [5.74, 6) is 1.29. The van der Waals surface area contributed by atoms with Crippen LogP contribution in [0, 0.1) is 23.7 Å². The summed E-state index contributed by atoms with van der Waals surface area (Å²) in [5.41, 5.74) is 1.16. The first-order valence-corrected chi connectivity index (χ1v) is 6.56. The molecule has 0 aromatic heterocycles. The van der Waals surface area contributed by atoms with Crippen molar-refractivity contribution in [2.45, 2.75) is 51.7 Å². The van der Waals surface area contributed by atoms with E-state index in [9.17, 15) is 10.2 Å². The zero-order valence-electron chi connectivity index (χ0n) is 10.4. The summed E-state index contributed by atoms with van der Waals surface area (Å²) < 4.78 is 0. The van der Waals surface area contributed by atoms with Crippen LogP contribution in [0.25, 0.3) is 0 Å². The van der Waals surface area contributed by atoms with Crippen molar-refractivity contribution >= 4 is 0 Å². The Kier molecular flexibility index (Phi) is 3.41. The van der Waals surface area contributed by atoms with Crippen LogP contribution in [0.5, 0.6) is 0 Å². The number of fused-ring (bicyclic) bond motifs is 1. The Morgan fingerprint density at radius 3 is 2.50 bits per heavy atom. The van der Waals surface area contributed by atoms with E-state index in [4.69, 9.17) is 0 Å². The van der Waals surface area contributed by atoms with Crippen molar-refractivity contribution < 1.29 is 10.2 Å². The Morgan fingerprint density at radius 1 is 1.19 bits per heavy atom. The Morgan fingerprint density at radius 2 is 1.88 bits per heavy atom. The van der Waals surface area contributed by atoms with E-state index in [0.29, 0.717) is 11.8 Å². The lowest BCUT2D eigenvalue weighted by Crippen LogP contribution is -2.48. The van der Waals surface area contributed by atoms with Gasteiger partial charge in [0, 0.05) is 5.92 Å². The highest BCUT2D eigenvalue weighted by molar-refractivity contribution is 5.13. The number of hydrogen-bond acceptors (Lipinski definition) is 2. The minimum Gasteiger partial charge on any atom is -0.393 e.